The minimum absolute atomic E-state index is 0.00926. The molecule has 0 amide bonds. The van der Waals surface area contributed by atoms with Gasteiger partial charge < -0.3 is 5.11 Å². The number of benzene rings is 1. The van der Waals surface area contributed by atoms with E-state index >= 15 is 0 Å². The lowest BCUT2D eigenvalue weighted by Crippen LogP contribution is -2.15. The Balaban J connectivity index is 3.15. The third kappa shape index (κ3) is 2.37. The fraction of sp³-hybridized carbons (Fsp3) is 0.143. The van der Waals surface area contributed by atoms with Crippen LogP contribution < -0.4 is 10.3 Å². The summed E-state index contributed by atoms with van der Waals surface area (Å²) >= 11 is 7.20. The predicted octanol–water partition coefficient (Wildman–Crippen LogP) is 2.20. The van der Waals surface area contributed by atoms with Crippen molar-refractivity contribution >= 4 is 40.3 Å². The van der Waals surface area contributed by atoms with Gasteiger partial charge in [-0.05, 0) is 18.6 Å². The Hall–Kier alpha value is -0.240. The highest BCUT2D eigenvalue weighted by Gasteiger charge is 2.06. The van der Waals surface area contributed by atoms with Gasteiger partial charge in [0.2, 0.25) is 0 Å². The highest BCUT2D eigenvalue weighted by atomic mass is 127. The van der Waals surface area contributed by atoms with Crippen molar-refractivity contribution in [3.63, 3.8) is 0 Å². The van der Waals surface area contributed by atoms with E-state index in [9.17, 15) is 5.11 Å². The first-order valence-electron chi connectivity index (χ1n) is 3.31. The van der Waals surface area contributed by atoms with E-state index in [0.29, 0.717) is 15.8 Å². The second kappa shape index (κ2) is 4.32. The van der Waals surface area contributed by atoms with Crippen LogP contribution in [0.5, 0.6) is 5.75 Å². The van der Waals surface area contributed by atoms with Gasteiger partial charge in [-0.3, -0.25) is 5.21 Å². The Kier molecular flexibility index (Phi) is 3.60. The number of aryl methyl sites for hydroxylation is 1. The molecule has 0 aliphatic heterocycles. The molecule has 0 spiro atoms. The third-order valence-corrected chi connectivity index (χ3v) is 2.29. The highest BCUT2D eigenvalue weighted by Crippen LogP contribution is 2.30. The fourth-order valence-corrected chi connectivity index (χ4v) is 1.20. The second-order valence-corrected chi connectivity index (χ2v) is 3.21. The lowest BCUT2D eigenvalue weighted by molar-refractivity contribution is -0.268. The number of nitrogens with zero attached hydrogens (tertiary/aromatic N) is 1. The van der Waals surface area contributed by atoms with Crippen molar-refractivity contribution in [3.05, 3.63) is 22.7 Å². The van der Waals surface area contributed by atoms with E-state index < -0.39 is 0 Å². The van der Waals surface area contributed by atoms with E-state index in [-0.39, 0.29) is 11.4 Å². The van der Waals surface area contributed by atoms with Gasteiger partial charge in [-0.2, -0.15) is 3.17 Å². The number of halogens is 2. The molecule has 1 aromatic carbocycles. The molecule has 1 N–H and O–H groups in total. The molecule has 1 aromatic rings. The van der Waals surface area contributed by atoms with Gasteiger partial charge >= 0.3 is 0 Å². The van der Waals surface area contributed by atoms with Gasteiger partial charge in [0.05, 0.1) is 5.69 Å². The van der Waals surface area contributed by atoms with E-state index in [4.69, 9.17) is 16.8 Å². The molecule has 0 aromatic heterocycles. The zero-order valence-electron chi connectivity index (χ0n) is 6.62. The lowest BCUT2D eigenvalue weighted by atomic mass is 10.2. The summed E-state index contributed by atoms with van der Waals surface area (Å²) in [6, 6.07) is 2.68. The van der Waals surface area contributed by atoms with Gasteiger partial charge in [0, 0.05) is 5.02 Å². The SMILES string of the molecule is Cc1cc([O-])c(N(O)OI)cc1Cl. The Labute approximate surface area is 94.3 Å². The van der Waals surface area contributed by atoms with Crippen LogP contribution in [0.4, 0.5) is 5.69 Å². The van der Waals surface area contributed by atoms with Crippen LogP contribution in [-0.4, -0.2) is 5.21 Å². The first-order chi connectivity index (χ1) is 6.06. The summed E-state index contributed by atoms with van der Waals surface area (Å²) in [6.07, 6.45) is 0. The quantitative estimate of drug-likeness (QED) is 0.671. The van der Waals surface area contributed by atoms with Crippen molar-refractivity contribution < 1.29 is 13.5 Å². The number of hydrogen-bond donors (Lipinski definition) is 1. The van der Waals surface area contributed by atoms with Crippen LogP contribution in [0.2, 0.25) is 5.02 Å². The normalized spacial score (nSPS) is 10.2. The Morgan fingerprint density at radius 3 is 2.77 bits per heavy atom. The summed E-state index contributed by atoms with van der Waals surface area (Å²) < 4.78 is 4.41. The summed E-state index contributed by atoms with van der Waals surface area (Å²) in [6.45, 7) is 1.71. The average Bonchev–Trinajstić information content (AvgIpc) is 2.10. The molecule has 0 atom stereocenters. The molecule has 0 aliphatic carbocycles. The van der Waals surface area contributed by atoms with E-state index in [1.54, 1.807) is 6.92 Å². The summed E-state index contributed by atoms with van der Waals surface area (Å²) in [5, 5.41) is 21.1. The van der Waals surface area contributed by atoms with Gasteiger partial charge in [-0.15, -0.1) is 5.23 Å². The maximum absolute atomic E-state index is 11.2. The number of hydrogen-bond acceptors (Lipinski definition) is 4. The van der Waals surface area contributed by atoms with Crippen molar-refractivity contribution in [1.82, 2.24) is 0 Å². The van der Waals surface area contributed by atoms with E-state index in [0.717, 1.165) is 0 Å². The maximum atomic E-state index is 11.2. The van der Waals surface area contributed by atoms with Gasteiger partial charge in [0.15, 0.2) is 0 Å². The summed E-state index contributed by atoms with van der Waals surface area (Å²) in [5.74, 6) is -0.346. The first-order valence-corrected chi connectivity index (χ1v) is 4.57. The van der Waals surface area contributed by atoms with E-state index in [1.807, 2.05) is 0 Å². The molecular formula is C7H6ClINO3-. The van der Waals surface area contributed by atoms with E-state index in [1.165, 1.54) is 35.1 Å². The van der Waals surface area contributed by atoms with Gasteiger partial charge in [-0.1, -0.05) is 23.4 Å². The van der Waals surface area contributed by atoms with Crippen molar-refractivity contribution in [2.45, 2.75) is 6.92 Å². The molecule has 72 valence electrons. The predicted molar refractivity (Wildman–Crippen MR) is 55.0 cm³/mol. The monoisotopic (exact) mass is 314 g/mol. The minimum Gasteiger partial charge on any atom is -0.871 e. The molecule has 0 bridgehead atoms. The van der Waals surface area contributed by atoms with Crippen LogP contribution in [0.3, 0.4) is 0 Å². The van der Waals surface area contributed by atoms with Crippen LogP contribution in [0.1, 0.15) is 5.56 Å². The second-order valence-electron chi connectivity index (χ2n) is 2.41. The molecule has 0 radical (unpaired) electrons. The molecule has 0 heterocycles. The van der Waals surface area contributed by atoms with Crippen molar-refractivity contribution in [2.24, 2.45) is 0 Å². The first kappa shape index (κ1) is 10.8. The number of anilines is 1. The van der Waals surface area contributed by atoms with Crippen molar-refractivity contribution in [1.29, 1.82) is 0 Å². The molecule has 0 fully saturated rings. The van der Waals surface area contributed by atoms with Gasteiger partial charge in [0.1, 0.15) is 23.0 Å². The molecule has 4 nitrogen and oxygen atoms in total. The van der Waals surface area contributed by atoms with Gasteiger partial charge in [-0.25, -0.2) is 0 Å². The molecule has 0 unspecified atom stereocenters. The van der Waals surface area contributed by atoms with Crippen LogP contribution >= 0.6 is 34.6 Å². The largest absolute Gasteiger partial charge is 0.871 e. The molecule has 0 saturated carbocycles. The Morgan fingerprint density at radius 2 is 2.23 bits per heavy atom. The molecule has 1 rings (SSSR count). The lowest BCUT2D eigenvalue weighted by Gasteiger charge is -2.19. The van der Waals surface area contributed by atoms with Gasteiger partial charge in [0.25, 0.3) is 0 Å². The van der Waals surface area contributed by atoms with Crippen molar-refractivity contribution in [3.8, 4) is 5.75 Å². The molecule has 0 saturated heterocycles. The Bertz CT molecular complexity index is 321. The summed E-state index contributed by atoms with van der Waals surface area (Å²) in [5.41, 5.74) is 0.655. The molecule has 6 heteroatoms. The maximum Gasteiger partial charge on any atom is 0.148 e. The van der Waals surface area contributed by atoms with Crippen molar-refractivity contribution in [2.75, 3.05) is 5.23 Å². The molecular weight excluding hydrogens is 308 g/mol. The summed E-state index contributed by atoms with van der Waals surface area (Å²) in [4.78, 5) is 0. The van der Waals surface area contributed by atoms with Crippen LogP contribution in [0, 0.1) is 6.92 Å². The van der Waals surface area contributed by atoms with Crippen LogP contribution in [0.15, 0.2) is 12.1 Å². The van der Waals surface area contributed by atoms with Crippen LogP contribution in [0.25, 0.3) is 0 Å². The topological polar surface area (TPSA) is 55.8 Å². The summed E-state index contributed by atoms with van der Waals surface area (Å²) in [7, 11) is 0. The van der Waals surface area contributed by atoms with Crippen LogP contribution in [-0.2, 0) is 3.17 Å². The third-order valence-electron chi connectivity index (χ3n) is 1.51. The fourth-order valence-electron chi connectivity index (χ4n) is 0.831. The standard InChI is InChI=1S/C7H7ClINO3/c1-4-2-7(11)6(3-5(4)8)10(12)13-9/h2-3,11-12H,1H3/p-1. The average molecular weight is 314 g/mol. The smallest absolute Gasteiger partial charge is 0.148 e. The zero-order valence-corrected chi connectivity index (χ0v) is 9.53. The number of rotatable bonds is 2. The molecule has 13 heavy (non-hydrogen) atoms. The zero-order chi connectivity index (χ0) is 10.0. The highest BCUT2D eigenvalue weighted by molar-refractivity contribution is 14.1. The minimum atomic E-state index is -0.346. The molecule has 0 aliphatic rings. The van der Waals surface area contributed by atoms with E-state index in [2.05, 4.69) is 3.17 Å². The Morgan fingerprint density at radius 1 is 1.62 bits per heavy atom.